The number of hydrogen-bond acceptors (Lipinski definition) is 5. The molecule has 1 heterocycles. The Morgan fingerprint density at radius 1 is 1.12 bits per heavy atom. The summed E-state index contributed by atoms with van der Waals surface area (Å²) < 4.78 is 10.5. The van der Waals surface area contributed by atoms with Gasteiger partial charge in [-0.15, -0.1) is 0 Å². The highest BCUT2D eigenvalue weighted by Crippen LogP contribution is 2.23. The van der Waals surface area contributed by atoms with Gasteiger partial charge in [-0.1, -0.05) is 54.3 Å². The number of halogens is 2. The average Bonchev–Trinajstić information content (AvgIpc) is 3.27. The van der Waals surface area contributed by atoms with Crippen molar-refractivity contribution < 1.29 is 18.8 Å². The van der Waals surface area contributed by atoms with Gasteiger partial charge in [0.1, 0.15) is 5.75 Å². The zero-order valence-electron chi connectivity index (χ0n) is 19.3. The predicted octanol–water partition coefficient (Wildman–Crippen LogP) is 5.26. The zero-order valence-corrected chi connectivity index (χ0v) is 20.8. The van der Waals surface area contributed by atoms with Gasteiger partial charge in [0, 0.05) is 24.2 Å². The quantitative estimate of drug-likeness (QED) is 0.407. The minimum atomic E-state index is -0.342. The molecule has 0 aliphatic heterocycles. The monoisotopic (exact) mass is 503 g/mol. The number of amides is 2. The molecule has 0 fully saturated rings. The van der Waals surface area contributed by atoms with E-state index in [1.165, 1.54) is 6.07 Å². The second kappa shape index (κ2) is 11.9. The molecule has 1 N–H and O–H groups in total. The molecule has 0 spiro atoms. The molecule has 2 aromatic carbocycles. The molecular formula is C25H27Cl2N3O4. The molecule has 2 amide bonds. The van der Waals surface area contributed by atoms with Crippen molar-refractivity contribution in [3.63, 3.8) is 0 Å². The Labute approximate surface area is 209 Å². The smallest absolute Gasteiger partial charge is 0.273 e. The fraction of sp³-hybridized carbons (Fsp3) is 0.320. The Morgan fingerprint density at radius 2 is 1.85 bits per heavy atom. The third-order valence-corrected chi connectivity index (χ3v) is 5.58. The van der Waals surface area contributed by atoms with Crippen molar-refractivity contribution in [2.75, 3.05) is 20.2 Å². The minimum absolute atomic E-state index is 0.155. The van der Waals surface area contributed by atoms with Gasteiger partial charge >= 0.3 is 0 Å². The van der Waals surface area contributed by atoms with E-state index in [1.54, 1.807) is 30.2 Å². The molecule has 0 aliphatic rings. The summed E-state index contributed by atoms with van der Waals surface area (Å²) in [6, 6.07) is 14.0. The van der Waals surface area contributed by atoms with Crippen molar-refractivity contribution in [1.82, 2.24) is 15.4 Å². The van der Waals surface area contributed by atoms with Crippen LogP contribution >= 0.6 is 23.2 Å². The van der Waals surface area contributed by atoms with Crippen LogP contribution in [0.2, 0.25) is 10.0 Å². The molecular weight excluding hydrogens is 477 g/mol. The van der Waals surface area contributed by atoms with E-state index < -0.39 is 0 Å². The van der Waals surface area contributed by atoms with Crippen LogP contribution in [0.1, 0.15) is 46.0 Å². The van der Waals surface area contributed by atoms with Crippen molar-refractivity contribution in [2.45, 2.75) is 26.8 Å². The predicted molar refractivity (Wildman–Crippen MR) is 132 cm³/mol. The highest BCUT2D eigenvalue weighted by molar-refractivity contribution is 6.36. The fourth-order valence-corrected chi connectivity index (χ4v) is 3.87. The van der Waals surface area contributed by atoms with Crippen molar-refractivity contribution in [2.24, 2.45) is 5.92 Å². The van der Waals surface area contributed by atoms with Crippen molar-refractivity contribution in [3.05, 3.63) is 81.2 Å². The summed E-state index contributed by atoms with van der Waals surface area (Å²) in [7, 11) is 1.62. The third-order valence-electron chi connectivity index (χ3n) is 5.03. The summed E-state index contributed by atoms with van der Waals surface area (Å²) in [5, 5.41) is 7.44. The number of methoxy groups -OCH3 is 1. The van der Waals surface area contributed by atoms with E-state index in [9.17, 15) is 9.59 Å². The van der Waals surface area contributed by atoms with E-state index in [2.05, 4.69) is 10.5 Å². The summed E-state index contributed by atoms with van der Waals surface area (Å²) >= 11 is 12.2. The molecule has 0 unspecified atom stereocenters. The first-order valence-electron chi connectivity index (χ1n) is 10.9. The van der Waals surface area contributed by atoms with Gasteiger partial charge in [-0.05, 0) is 48.2 Å². The number of benzene rings is 2. The number of ether oxygens (including phenoxy) is 1. The lowest BCUT2D eigenvalue weighted by atomic mass is 10.1. The lowest BCUT2D eigenvalue weighted by Gasteiger charge is -2.24. The highest BCUT2D eigenvalue weighted by atomic mass is 35.5. The van der Waals surface area contributed by atoms with Crippen LogP contribution in [0.4, 0.5) is 0 Å². The second-order valence-electron chi connectivity index (χ2n) is 8.24. The SMILES string of the molecule is COc1ccc(CCNC(=O)c2cc(CN(CC(C)C)C(=O)c3ccc(Cl)cc3Cl)on2)cc1. The number of nitrogens with one attached hydrogen (secondary N) is 1. The van der Waals surface area contributed by atoms with Crippen LogP contribution in [-0.4, -0.2) is 42.1 Å². The van der Waals surface area contributed by atoms with E-state index in [0.717, 1.165) is 11.3 Å². The molecule has 34 heavy (non-hydrogen) atoms. The summed E-state index contributed by atoms with van der Waals surface area (Å²) in [6.45, 7) is 5.09. The van der Waals surface area contributed by atoms with E-state index in [4.69, 9.17) is 32.5 Å². The van der Waals surface area contributed by atoms with E-state index in [1.807, 2.05) is 38.1 Å². The van der Waals surface area contributed by atoms with Crippen LogP contribution in [0.5, 0.6) is 5.75 Å². The first kappa shape index (κ1) is 25.6. The first-order chi connectivity index (χ1) is 16.3. The summed E-state index contributed by atoms with van der Waals surface area (Å²) in [4.78, 5) is 27.2. The molecule has 7 nitrogen and oxygen atoms in total. The maximum Gasteiger partial charge on any atom is 0.273 e. The number of rotatable bonds is 10. The van der Waals surface area contributed by atoms with Crippen molar-refractivity contribution >= 4 is 35.0 Å². The lowest BCUT2D eigenvalue weighted by molar-refractivity contribution is 0.0705. The first-order valence-corrected chi connectivity index (χ1v) is 11.6. The average molecular weight is 504 g/mol. The molecule has 1 aromatic heterocycles. The fourth-order valence-electron chi connectivity index (χ4n) is 3.38. The number of carbonyl (C=O) groups is 2. The van der Waals surface area contributed by atoms with Gasteiger partial charge in [0.15, 0.2) is 11.5 Å². The summed E-state index contributed by atoms with van der Waals surface area (Å²) in [5.74, 6) is 0.799. The van der Waals surface area contributed by atoms with E-state index in [0.29, 0.717) is 35.9 Å². The van der Waals surface area contributed by atoms with Crippen LogP contribution < -0.4 is 10.1 Å². The van der Waals surface area contributed by atoms with Gasteiger partial charge in [0.2, 0.25) is 0 Å². The normalized spacial score (nSPS) is 10.9. The Hall–Kier alpha value is -3.03. The van der Waals surface area contributed by atoms with Gasteiger partial charge in [0.25, 0.3) is 11.8 Å². The number of aromatic nitrogens is 1. The molecule has 0 aliphatic carbocycles. The largest absolute Gasteiger partial charge is 0.497 e. The molecule has 0 bridgehead atoms. The Bertz CT molecular complexity index is 1130. The summed E-state index contributed by atoms with van der Waals surface area (Å²) in [5.41, 5.74) is 1.58. The van der Waals surface area contributed by atoms with Crippen molar-refractivity contribution in [1.29, 1.82) is 0 Å². The highest BCUT2D eigenvalue weighted by Gasteiger charge is 2.22. The molecule has 0 atom stereocenters. The standard InChI is InChI=1S/C25H27Cl2N3O4/c1-16(2)14-30(25(32)21-9-6-18(26)12-22(21)27)15-20-13-23(29-34-20)24(31)28-11-10-17-4-7-19(33-3)8-5-17/h4-9,12-13,16H,10-11,14-15H2,1-3H3,(H,28,31). The lowest BCUT2D eigenvalue weighted by Crippen LogP contribution is -2.33. The molecule has 0 saturated heterocycles. The maximum absolute atomic E-state index is 13.1. The molecule has 180 valence electrons. The van der Waals surface area contributed by atoms with Crippen LogP contribution in [-0.2, 0) is 13.0 Å². The van der Waals surface area contributed by atoms with Gasteiger partial charge in [-0.25, -0.2) is 0 Å². The van der Waals surface area contributed by atoms with Crippen LogP contribution in [0.15, 0.2) is 53.1 Å². The Balaban J connectivity index is 1.61. The van der Waals surface area contributed by atoms with Crippen molar-refractivity contribution in [3.8, 4) is 5.75 Å². The van der Waals surface area contributed by atoms with Gasteiger partial charge < -0.3 is 19.5 Å². The number of nitrogens with zero attached hydrogens (tertiary/aromatic N) is 2. The van der Waals surface area contributed by atoms with Crippen LogP contribution in [0.25, 0.3) is 0 Å². The molecule has 3 aromatic rings. The Kier molecular flexibility index (Phi) is 8.96. The van der Waals surface area contributed by atoms with E-state index in [-0.39, 0.29) is 35.0 Å². The Morgan fingerprint density at radius 3 is 2.50 bits per heavy atom. The molecule has 9 heteroatoms. The van der Waals surface area contributed by atoms with Crippen LogP contribution in [0.3, 0.4) is 0 Å². The van der Waals surface area contributed by atoms with Gasteiger partial charge in [-0.2, -0.15) is 0 Å². The number of carbonyl (C=O) groups excluding carboxylic acids is 2. The van der Waals surface area contributed by atoms with Gasteiger partial charge in [0.05, 0.1) is 24.2 Å². The van der Waals surface area contributed by atoms with Gasteiger partial charge in [-0.3, -0.25) is 9.59 Å². The molecule has 0 radical (unpaired) electrons. The maximum atomic E-state index is 13.1. The zero-order chi connectivity index (χ0) is 24.7. The minimum Gasteiger partial charge on any atom is -0.497 e. The summed E-state index contributed by atoms with van der Waals surface area (Å²) in [6.07, 6.45) is 0.666. The van der Waals surface area contributed by atoms with Crippen LogP contribution in [0, 0.1) is 5.92 Å². The molecule has 0 saturated carbocycles. The topological polar surface area (TPSA) is 84.7 Å². The van der Waals surface area contributed by atoms with E-state index >= 15 is 0 Å². The third kappa shape index (κ3) is 6.98. The molecule has 3 rings (SSSR count). The second-order valence-corrected chi connectivity index (χ2v) is 9.08. The number of hydrogen-bond donors (Lipinski definition) is 1.